The van der Waals surface area contributed by atoms with E-state index in [1.54, 1.807) is 11.6 Å². The first-order valence-corrected chi connectivity index (χ1v) is 11.4. The van der Waals surface area contributed by atoms with Crippen molar-refractivity contribution in [1.82, 2.24) is 24.8 Å². The van der Waals surface area contributed by atoms with Crippen molar-refractivity contribution in [3.05, 3.63) is 36.2 Å². The van der Waals surface area contributed by atoms with Gasteiger partial charge in [-0.15, -0.1) is 0 Å². The molecule has 13 heteroatoms. The zero-order valence-electron chi connectivity index (χ0n) is 18.3. The Balaban J connectivity index is 1.57. The number of hydrogen-bond acceptors (Lipinski definition) is 7. The van der Waals surface area contributed by atoms with E-state index in [4.69, 9.17) is 4.74 Å². The third-order valence-corrected chi connectivity index (χ3v) is 6.30. The van der Waals surface area contributed by atoms with E-state index in [1.165, 1.54) is 12.3 Å². The molecule has 34 heavy (non-hydrogen) atoms. The van der Waals surface area contributed by atoms with Gasteiger partial charge in [0, 0.05) is 24.7 Å². The molecule has 3 aromatic heterocycles. The molecule has 8 nitrogen and oxygen atoms in total. The Kier molecular flexibility index (Phi) is 6.56. The van der Waals surface area contributed by atoms with E-state index < -0.39 is 24.3 Å². The van der Waals surface area contributed by atoms with Gasteiger partial charge in [-0.1, -0.05) is 0 Å². The van der Waals surface area contributed by atoms with E-state index in [9.17, 15) is 22.4 Å². The Bertz CT molecular complexity index is 1210. The van der Waals surface area contributed by atoms with Crippen molar-refractivity contribution < 1.29 is 31.8 Å². The molecule has 1 amide bonds. The molecular weight excluding hydrogens is 478 g/mol. The number of fused-ring (bicyclic) bond motifs is 1. The third-order valence-electron chi connectivity index (χ3n) is 5.32. The maximum absolute atomic E-state index is 13.5. The maximum atomic E-state index is 13.5. The second kappa shape index (κ2) is 9.28. The first-order valence-electron chi connectivity index (χ1n) is 10.3. The lowest BCUT2D eigenvalue weighted by Crippen LogP contribution is -2.48. The van der Waals surface area contributed by atoms with Gasteiger partial charge in [0.15, 0.2) is 18.0 Å². The number of hydrogen-bond donors (Lipinski definition) is 1. The largest absolute Gasteiger partial charge is 0.478 e. The highest BCUT2D eigenvalue weighted by Crippen LogP contribution is 2.32. The monoisotopic (exact) mass is 499 g/mol. The SMILES string of the molecule is Cn1c(C(=O)NC2(C)CCSCC2)nc2ncc(Oc3ncc(F)cc3OCC(F)(F)F)cc21. The molecule has 4 heterocycles. The van der Waals surface area contributed by atoms with Crippen molar-refractivity contribution in [2.75, 3.05) is 18.1 Å². The van der Waals surface area contributed by atoms with E-state index in [-0.39, 0.29) is 34.5 Å². The van der Waals surface area contributed by atoms with Gasteiger partial charge < -0.3 is 19.4 Å². The van der Waals surface area contributed by atoms with Crippen LogP contribution in [0.5, 0.6) is 17.4 Å². The van der Waals surface area contributed by atoms with Crippen LogP contribution in [0.3, 0.4) is 0 Å². The number of halogens is 4. The number of imidazole rings is 1. The lowest BCUT2D eigenvalue weighted by Gasteiger charge is -2.34. The predicted molar refractivity (Wildman–Crippen MR) is 117 cm³/mol. The van der Waals surface area contributed by atoms with Gasteiger partial charge in [0.1, 0.15) is 11.6 Å². The molecule has 1 saturated heterocycles. The van der Waals surface area contributed by atoms with Gasteiger partial charge in [-0.25, -0.2) is 19.3 Å². The zero-order chi connectivity index (χ0) is 24.5. The number of alkyl halides is 3. The fourth-order valence-electron chi connectivity index (χ4n) is 3.45. The second-order valence-corrected chi connectivity index (χ2v) is 9.32. The van der Waals surface area contributed by atoms with Crippen LogP contribution in [0.4, 0.5) is 17.6 Å². The fraction of sp³-hybridized carbons (Fsp3) is 0.429. The highest BCUT2D eigenvalue weighted by molar-refractivity contribution is 7.99. The summed E-state index contributed by atoms with van der Waals surface area (Å²) in [4.78, 5) is 25.1. The maximum Gasteiger partial charge on any atom is 0.422 e. The van der Waals surface area contributed by atoms with Crippen LogP contribution in [0.1, 0.15) is 30.4 Å². The summed E-state index contributed by atoms with van der Waals surface area (Å²) in [7, 11) is 1.64. The van der Waals surface area contributed by atoms with Gasteiger partial charge in [-0.3, -0.25) is 4.79 Å². The highest BCUT2D eigenvalue weighted by atomic mass is 32.2. The smallest absolute Gasteiger partial charge is 0.422 e. The average molecular weight is 499 g/mol. The number of pyridine rings is 2. The molecule has 1 N–H and O–H groups in total. The van der Waals surface area contributed by atoms with Crippen LogP contribution in [0.15, 0.2) is 24.5 Å². The van der Waals surface area contributed by atoms with Crippen molar-refractivity contribution in [2.24, 2.45) is 7.05 Å². The minimum Gasteiger partial charge on any atom is -0.478 e. The number of ether oxygens (including phenoxy) is 2. The fourth-order valence-corrected chi connectivity index (χ4v) is 4.84. The molecule has 0 saturated carbocycles. The summed E-state index contributed by atoms with van der Waals surface area (Å²) in [6.45, 7) is 0.370. The van der Waals surface area contributed by atoms with Gasteiger partial charge in [0.2, 0.25) is 5.82 Å². The number of nitrogens with zero attached hydrogens (tertiary/aromatic N) is 4. The molecule has 0 aromatic carbocycles. The van der Waals surface area contributed by atoms with Crippen molar-refractivity contribution in [3.8, 4) is 17.4 Å². The van der Waals surface area contributed by atoms with Gasteiger partial charge in [0.05, 0.1) is 17.9 Å². The third kappa shape index (κ3) is 5.51. The quantitative estimate of drug-likeness (QED) is 0.507. The standard InChI is InChI=1S/C21H21F4N5O3S/c1-20(3-5-34-6-4-20)29-18(31)17-28-16-14(30(17)2)8-13(10-26-16)33-19-15(7-12(22)9-27-19)32-11-21(23,24)25/h7-10H,3-6,11H2,1-2H3,(H,29,31). The lowest BCUT2D eigenvalue weighted by molar-refractivity contribution is -0.153. The number of amides is 1. The van der Waals surface area contributed by atoms with Crippen molar-refractivity contribution in [3.63, 3.8) is 0 Å². The van der Waals surface area contributed by atoms with Crippen LogP contribution in [0.2, 0.25) is 0 Å². The number of nitrogens with one attached hydrogen (secondary N) is 1. The molecule has 182 valence electrons. The molecule has 0 bridgehead atoms. The van der Waals surface area contributed by atoms with Gasteiger partial charge in [-0.2, -0.15) is 24.9 Å². The van der Waals surface area contributed by atoms with Crippen LogP contribution >= 0.6 is 11.8 Å². The van der Waals surface area contributed by atoms with E-state index in [1.807, 2.05) is 18.7 Å². The summed E-state index contributed by atoms with van der Waals surface area (Å²) in [6.07, 6.45) is -0.850. The molecular formula is C21H21F4N5O3S. The molecule has 0 atom stereocenters. The summed E-state index contributed by atoms with van der Waals surface area (Å²) in [5, 5.41) is 3.06. The Morgan fingerprint density at radius 3 is 2.68 bits per heavy atom. The van der Waals surface area contributed by atoms with E-state index in [0.29, 0.717) is 5.52 Å². The minimum atomic E-state index is -4.62. The molecule has 0 aliphatic carbocycles. The van der Waals surface area contributed by atoms with Crippen LogP contribution < -0.4 is 14.8 Å². The number of rotatable bonds is 6. The van der Waals surface area contributed by atoms with Crippen LogP contribution in [-0.4, -0.2) is 55.3 Å². The zero-order valence-corrected chi connectivity index (χ0v) is 19.1. The number of aryl methyl sites for hydroxylation is 1. The molecule has 1 fully saturated rings. The number of aromatic nitrogens is 4. The first-order chi connectivity index (χ1) is 16.0. The number of carbonyl (C=O) groups is 1. The normalized spacial score (nSPS) is 15.8. The molecule has 1 aliphatic heterocycles. The lowest BCUT2D eigenvalue weighted by atomic mass is 9.95. The van der Waals surface area contributed by atoms with Gasteiger partial charge >= 0.3 is 6.18 Å². The summed E-state index contributed by atoms with van der Waals surface area (Å²) in [6, 6.07) is 2.25. The van der Waals surface area contributed by atoms with Crippen LogP contribution in [0.25, 0.3) is 11.2 Å². The molecule has 3 aromatic rings. The summed E-state index contributed by atoms with van der Waals surface area (Å²) in [5.74, 6) is 0.0896. The van der Waals surface area contributed by atoms with E-state index >= 15 is 0 Å². The molecule has 0 radical (unpaired) electrons. The summed E-state index contributed by atoms with van der Waals surface area (Å²) in [5.41, 5.74) is 0.417. The molecule has 4 rings (SSSR count). The Labute approximate surface area is 196 Å². The van der Waals surface area contributed by atoms with Gasteiger partial charge in [0.25, 0.3) is 11.8 Å². The number of thioether (sulfide) groups is 1. The first kappa shape index (κ1) is 24.0. The van der Waals surface area contributed by atoms with E-state index in [2.05, 4.69) is 25.0 Å². The highest BCUT2D eigenvalue weighted by Gasteiger charge is 2.31. The Hall–Kier alpha value is -3.09. The second-order valence-electron chi connectivity index (χ2n) is 8.10. The predicted octanol–water partition coefficient (Wildman–Crippen LogP) is 4.25. The minimum absolute atomic E-state index is 0.0923. The topological polar surface area (TPSA) is 91.2 Å². The molecule has 1 aliphatic rings. The summed E-state index contributed by atoms with van der Waals surface area (Å²) >= 11 is 1.85. The molecule has 0 spiro atoms. The van der Waals surface area contributed by atoms with Crippen LogP contribution in [0, 0.1) is 5.82 Å². The molecule has 0 unspecified atom stereocenters. The Morgan fingerprint density at radius 2 is 1.97 bits per heavy atom. The van der Waals surface area contributed by atoms with E-state index in [0.717, 1.165) is 36.6 Å². The Morgan fingerprint density at radius 1 is 1.24 bits per heavy atom. The van der Waals surface area contributed by atoms with Crippen molar-refractivity contribution in [2.45, 2.75) is 31.5 Å². The number of carbonyl (C=O) groups excluding carboxylic acids is 1. The van der Waals surface area contributed by atoms with Crippen molar-refractivity contribution >= 4 is 28.8 Å². The average Bonchev–Trinajstić information content (AvgIpc) is 3.10. The summed E-state index contributed by atoms with van der Waals surface area (Å²) < 4.78 is 62.8. The van der Waals surface area contributed by atoms with Crippen LogP contribution in [-0.2, 0) is 7.05 Å². The van der Waals surface area contributed by atoms with Gasteiger partial charge in [-0.05, 0) is 31.3 Å². The van der Waals surface area contributed by atoms with Crippen molar-refractivity contribution in [1.29, 1.82) is 0 Å².